The molecule has 1 aromatic heterocycles. The van der Waals surface area contributed by atoms with Gasteiger partial charge in [0.05, 0.1) is 44.5 Å². The summed E-state index contributed by atoms with van der Waals surface area (Å²) >= 11 is 0. The first-order valence-electron chi connectivity index (χ1n) is 15.9. The van der Waals surface area contributed by atoms with Gasteiger partial charge in [-0.2, -0.15) is 9.97 Å². The quantitative estimate of drug-likeness (QED) is 0.114. The van der Waals surface area contributed by atoms with Crippen LogP contribution in [-0.2, 0) is 9.47 Å². The number of cyclic esters (lactones) is 4. The molecule has 4 aromatic carbocycles. The molecule has 4 aliphatic rings. The van der Waals surface area contributed by atoms with Crippen LogP contribution in [0.25, 0.3) is 0 Å². The second kappa shape index (κ2) is 11.3. The number of ketones is 2. The monoisotopic (exact) mass is 733 g/mol. The Morgan fingerprint density at radius 3 is 1.11 bits per heavy atom. The molecule has 0 fully saturated rings. The number of imide groups is 2. The lowest BCUT2D eigenvalue weighted by molar-refractivity contribution is 0.0425. The van der Waals surface area contributed by atoms with Gasteiger partial charge in [-0.05, 0) is 48.5 Å². The van der Waals surface area contributed by atoms with Gasteiger partial charge in [-0.15, -0.1) is 0 Å². The predicted octanol–water partition coefficient (Wildman–Crippen LogP) is 2.74. The fraction of sp³-hybridized carbons (Fsp3) is 0. The van der Waals surface area contributed by atoms with Crippen molar-refractivity contribution < 1.29 is 57.4 Å². The number of nitrogens with zero attached hydrogens (tertiary/aromatic N) is 4. The molecular formula is C38H15N5O12. The first-order chi connectivity index (χ1) is 26.3. The van der Waals surface area contributed by atoms with Gasteiger partial charge in [0.15, 0.2) is 23.2 Å². The highest BCUT2D eigenvalue weighted by Crippen LogP contribution is 2.34. The maximum atomic E-state index is 13.7. The number of anilines is 3. The van der Waals surface area contributed by atoms with Crippen LogP contribution in [0, 0.1) is 0 Å². The summed E-state index contributed by atoms with van der Waals surface area (Å²) in [5.41, 5.74) is 5.14. The summed E-state index contributed by atoms with van der Waals surface area (Å²) in [6, 6.07) is 16.0. The summed E-state index contributed by atoms with van der Waals surface area (Å²) in [4.78, 5) is 138. The first-order valence-corrected chi connectivity index (χ1v) is 15.9. The van der Waals surface area contributed by atoms with Gasteiger partial charge in [-0.3, -0.25) is 28.8 Å². The van der Waals surface area contributed by atoms with Gasteiger partial charge in [-0.25, -0.2) is 29.0 Å². The molecule has 0 spiro atoms. The summed E-state index contributed by atoms with van der Waals surface area (Å²) in [5.74, 6) is -9.66. The molecule has 5 heterocycles. The summed E-state index contributed by atoms with van der Waals surface area (Å²) in [7, 11) is 0. The molecule has 0 radical (unpaired) electrons. The van der Waals surface area contributed by atoms with Crippen molar-refractivity contribution in [2.45, 2.75) is 0 Å². The standard InChI is InChI=1S/C38H15N5O12/c39-38-40-26(42-30(46)18-5-1-14(9-22(18)32(42)48)28(44)16-3-7-20-24(11-16)36(52)54-34(20)50)13-27(41-38)43-31(47)19-6-2-15(10-23(19)33(43)49)29(45)17-4-8-21-25(12-17)37(53)55-35(21)51/h1-13H,(H2,39,40,41). The van der Waals surface area contributed by atoms with Crippen LogP contribution in [0.5, 0.6) is 0 Å². The van der Waals surface area contributed by atoms with Crippen LogP contribution in [-0.4, -0.2) is 69.0 Å². The van der Waals surface area contributed by atoms with Crippen molar-refractivity contribution in [2.24, 2.45) is 0 Å². The van der Waals surface area contributed by atoms with Crippen LogP contribution in [0.15, 0.2) is 78.9 Å². The van der Waals surface area contributed by atoms with E-state index in [2.05, 4.69) is 19.4 Å². The van der Waals surface area contributed by atoms with Crippen molar-refractivity contribution in [1.82, 2.24) is 9.97 Å². The molecule has 4 amide bonds. The number of carbonyl (C=O) groups is 10. The number of hydrogen-bond donors (Lipinski definition) is 1. The van der Waals surface area contributed by atoms with Gasteiger partial charge in [0, 0.05) is 28.3 Å². The lowest BCUT2D eigenvalue weighted by Gasteiger charge is -2.17. The average Bonchev–Trinajstić information content (AvgIpc) is 3.81. The third kappa shape index (κ3) is 4.73. The number of fused-ring (bicyclic) bond motifs is 4. The fourth-order valence-corrected chi connectivity index (χ4v) is 6.64. The molecule has 4 aliphatic heterocycles. The zero-order valence-corrected chi connectivity index (χ0v) is 27.3. The molecule has 17 nitrogen and oxygen atoms in total. The van der Waals surface area contributed by atoms with Crippen molar-refractivity contribution >= 4 is 76.7 Å². The number of esters is 4. The van der Waals surface area contributed by atoms with Gasteiger partial charge in [0.1, 0.15) is 0 Å². The topological polar surface area (TPSA) is 247 Å². The highest BCUT2D eigenvalue weighted by atomic mass is 16.6. The van der Waals surface area contributed by atoms with E-state index < -0.39 is 76.7 Å². The zero-order chi connectivity index (χ0) is 38.6. The number of rotatable bonds is 6. The zero-order valence-electron chi connectivity index (χ0n) is 27.3. The van der Waals surface area contributed by atoms with Crippen LogP contribution < -0.4 is 15.5 Å². The van der Waals surface area contributed by atoms with E-state index in [0.717, 1.165) is 6.07 Å². The molecule has 2 N–H and O–H groups in total. The van der Waals surface area contributed by atoms with Crippen molar-refractivity contribution in [2.75, 3.05) is 15.5 Å². The van der Waals surface area contributed by atoms with Crippen molar-refractivity contribution in [3.05, 3.63) is 146 Å². The molecule has 5 aromatic rings. The highest BCUT2D eigenvalue weighted by molar-refractivity contribution is 6.36. The Balaban J connectivity index is 0.995. The van der Waals surface area contributed by atoms with Gasteiger partial charge in [0.2, 0.25) is 5.95 Å². The summed E-state index contributed by atoms with van der Waals surface area (Å²) < 4.78 is 9.13. The van der Waals surface area contributed by atoms with Crippen LogP contribution in [0.2, 0.25) is 0 Å². The summed E-state index contributed by atoms with van der Waals surface area (Å²) in [5, 5.41) is 0. The molecule has 17 heteroatoms. The Bertz CT molecular complexity index is 2660. The Kier molecular flexibility index (Phi) is 6.71. The summed E-state index contributed by atoms with van der Waals surface area (Å²) in [6.07, 6.45) is 0. The maximum Gasteiger partial charge on any atom is 0.346 e. The van der Waals surface area contributed by atoms with Gasteiger partial charge in [0.25, 0.3) is 23.6 Å². The van der Waals surface area contributed by atoms with Crippen LogP contribution in [0.3, 0.4) is 0 Å². The Morgan fingerprint density at radius 2 is 0.727 bits per heavy atom. The fourth-order valence-electron chi connectivity index (χ4n) is 6.64. The van der Waals surface area contributed by atoms with E-state index in [0.29, 0.717) is 9.80 Å². The number of hydrogen-bond acceptors (Lipinski definition) is 15. The lowest BCUT2D eigenvalue weighted by Crippen LogP contribution is -2.33. The maximum absolute atomic E-state index is 13.7. The average molecular weight is 734 g/mol. The molecule has 0 saturated heterocycles. The number of ether oxygens (including phenoxy) is 2. The van der Waals surface area contributed by atoms with Crippen LogP contribution in [0.1, 0.15) is 115 Å². The van der Waals surface area contributed by atoms with E-state index in [9.17, 15) is 47.9 Å². The molecule has 0 bridgehead atoms. The molecule has 0 aliphatic carbocycles. The predicted molar refractivity (Wildman–Crippen MR) is 181 cm³/mol. The van der Waals surface area contributed by atoms with Crippen LogP contribution >= 0.6 is 0 Å². The molecule has 0 saturated carbocycles. The van der Waals surface area contributed by atoms with Gasteiger partial charge >= 0.3 is 23.9 Å². The second-order valence-corrected chi connectivity index (χ2v) is 12.4. The summed E-state index contributed by atoms with van der Waals surface area (Å²) in [6.45, 7) is 0. The molecular weight excluding hydrogens is 718 g/mol. The number of amides is 4. The van der Waals surface area contributed by atoms with E-state index in [4.69, 9.17) is 5.73 Å². The third-order valence-electron chi connectivity index (χ3n) is 9.29. The van der Waals surface area contributed by atoms with E-state index in [1.54, 1.807) is 0 Å². The number of benzene rings is 4. The number of nitrogens with two attached hydrogens (primary N) is 1. The van der Waals surface area contributed by atoms with Gasteiger partial charge < -0.3 is 15.2 Å². The van der Waals surface area contributed by atoms with Crippen molar-refractivity contribution in [1.29, 1.82) is 0 Å². The van der Waals surface area contributed by atoms with E-state index in [1.165, 1.54) is 72.8 Å². The van der Waals surface area contributed by atoms with Crippen molar-refractivity contribution in [3.8, 4) is 0 Å². The van der Waals surface area contributed by atoms with Crippen LogP contribution in [0.4, 0.5) is 17.6 Å². The Hall–Kier alpha value is -8.34. The number of nitrogen functional groups attached to an aromatic ring is 1. The largest absolute Gasteiger partial charge is 0.386 e. The van der Waals surface area contributed by atoms with Gasteiger partial charge in [-0.1, -0.05) is 24.3 Å². The third-order valence-corrected chi connectivity index (χ3v) is 9.29. The van der Waals surface area contributed by atoms with E-state index in [-0.39, 0.29) is 66.8 Å². The minimum atomic E-state index is -0.920. The number of carbonyl (C=O) groups excluding carboxylic acids is 10. The van der Waals surface area contributed by atoms with E-state index >= 15 is 0 Å². The number of aromatic nitrogens is 2. The molecule has 0 atom stereocenters. The highest BCUT2D eigenvalue weighted by Gasteiger charge is 2.42. The SMILES string of the molecule is Nc1nc(N2C(=O)c3ccc(C(=O)c4ccc5c(c4)C(=O)OC5=O)cc3C2=O)cc(N2C(=O)c3ccc(C(=O)c4ccc5c(c4)C(=O)OC5=O)cc3C2=O)n1. The Labute approximate surface area is 304 Å². The molecule has 0 unspecified atom stereocenters. The van der Waals surface area contributed by atoms with E-state index in [1.807, 2.05) is 0 Å². The lowest BCUT2D eigenvalue weighted by atomic mass is 9.96. The molecule has 264 valence electrons. The first kappa shape index (κ1) is 32.6. The molecule has 55 heavy (non-hydrogen) atoms. The Morgan fingerprint density at radius 1 is 0.418 bits per heavy atom. The van der Waals surface area contributed by atoms with Crippen molar-refractivity contribution in [3.63, 3.8) is 0 Å². The normalized spacial score (nSPS) is 15.3. The minimum Gasteiger partial charge on any atom is -0.386 e. The minimum absolute atomic E-state index is 0.00157. The molecule has 9 rings (SSSR count). The smallest absolute Gasteiger partial charge is 0.346 e. The second-order valence-electron chi connectivity index (χ2n) is 12.4.